The van der Waals surface area contributed by atoms with Crippen molar-refractivity contribution in [2.45, 2.75) is 25.1 Å². The van der Waals surface area contributed by atoms with Crippen molar-refractivity contribution in [1.29, 1.82) is 0 Å². The first-order chi connectivity index (χ1) is 15.3. The van der Waals surface area contributed by atoms with Crippen LogP contribution in [0.1, 0.15) is 24.4 Å². The maximum Gasteiger partial charge on any atom is 0.234 e. The molecule has 170 valence electrons. The number of aryl methyl sites for hydroxylation is 1. The zero-order valence-corrected chi connectivity index (χ0v) is 20.1. The van der Waals surface area contributed by atoms with Gasteiger partial charge in [-0.1, -0.05) is 23.4 Å². The minimum absolute atomic E-state index is 0.151. The Morgan fingerprint density at radius 1 is 1.16 bits per heavy atom. The van der Waals surface area contributed by atoms with Crippen LogP contribution in [-0.4, -0.2) is 40.6 Å². The Bertz CT molecular complexity index is 1110. The summed E-state index contributed by atoms with van der Waals surface area (Å²) in [7, 11) is 4.95. The first-order valence-electron chi connectivity index (χ1n) is 9.79. The summed E-state index contributed by atoms with van der Waals surface area (Å²) < 4.78 is 18.4. The van der Waals surface area contributed by atoms with E-state index in [0.29, 0.717) is 33.2 Å². The van der Waals surface area contributed by atoms with Gasteiger partial charge in [0, 0.05) is 18.1 Å². The molecule has 1 unspecified atom stereocenters. The highest BCUT2D eigenvalue weighted by Crippen LogP contribution is 2.30. The van der Waals surface area contributed by atoms with E-state index in [-0.39, 0.29) is 17.8 Å². The summed E-state index contributed by atoms with van der Waals surface area (Å²) in [5.74, 6) is 2.50. The molecule has 32 heavy (non-hydrogen) atoms. The quantitative estimate of drug-likeness (QED) is 0.449. The van der Waals surface area contributed by atoms with E-state index < -0.39 is 0 Å². The Hall–Kier alpha value is -2.91. The molecule has 1 N–H and O–H groups in total. The Kier molecular flexibility index (Phi) is 7.87. The van der Waals surface area contributed by atoms with Crippen molar-refractivity contribution in [3.63, 3.8) is 0 Å². The van der Waals surface area contributed by atoms with Crippen molar-refractivity contribution >= 4 is 35.0 Å². The third kappa shape index (κ3) is 5.66. The van der Waals surface area contributed by atoms with Crippen LogP contribution < -0.4 is 19.5 Å². The third-order valence-electron chi connectivity index (χ3n) is 4.69. The predicted octanol–water partition coefficient (Wildman–Crippen LogP) is 4.66. The lowest BCUT2D eigenvalue weighted by Gasteiger charge is -2.16. The molecule has 1 atom stereocenters. The Labute approximate surface area is 196 Å². The van der Waals surface area contributed by atoms with E-state index in [0.717, 1.165) is 11.3 Å². The van der Waals surface area contributed by atoms with Gasteiger partial charge in [0.1, 0.15) is 17.2 Å². The molecular weight excluding hydrogens is 452 g/mol. The molecule has 0 aliphatic carbocycles. The molecule has 3 aromatic rings. The largest absolute Gasteiger partial charge is 0.497 e. The topological polar surface area (TPSA) is 87.5 Å². The average molecular weight is 477 g/mol. The van der Waals surface area contributed by atoms with Crippen LogP contribution >= 0.6 is 23.4 Å². The summed E-state index contributed by atoms with van der Waals surface area (Å²) in [6.45, 7) is 3.83. The van der Waals surface area contributed by atoms with Gasteiger partial charge in [0.2, 0.25) is 5.91 Å². The first kappa shape index (κ1) is 23.7. The Morgan fingerprint density at radius 3 is 2.59 bits per heavy atom. The van der Waals surface area contributed by atoms with Crippen molar-refractivity contribution in [3.05, 3.63) is 52.8 Å². The van der Waals surface area contributed by atoms with Crippen molar-refractivity contribution in [1.82, 2.24) is 14.8 Å². The van der Waals surface area contributed by atoms with Gasteiger partial charge in [0.25, 0.3) is 0 Å². The second-order valence-electron chi connectivity index (χ2n) is 6.97. The SMILES string of the molecule is COc1ccc(OC)c(NC(=O)CSc2nnc(C(C)Oc3ccc(Cl)cc3C)n2C)c1. The summed E-state index contributed by atoms with van der Waals surface area (Å²) in [4.78, 5) is 12.5. The van der Waals surface area contributed by atoms with E-state index in [2.05, 4.69) is 15.5 Å². The van der Waals surface area contributed by atoms with E-state index in [9.17, 15) is 4.79 Å². The van der Waals surface area contributed by atoms with Gasteiger partial charge in [-0.05, 0) is 49.7 Å². The van der Waals surface area contributed by atoms with Crippen LogP contribution in [0.5, 0.6) is 17.2 Å². The normalized spacial score (nSPS) is 11.7. The summed E-state index contributed by atoms with van der Waals surface area (Å²) in [6, 6.07) is 10.7. The fourth-order valence-corrected chi connectivity index (χ4v) is 3.97. The van der Waals surface area contributed by atoms with Gasteiger partial charge in [0.15, 0.2) is 17.1 Å². The van der Waals surface area contributed by atoms with E-state index in [1.165, 1.54) is 11.8 Å². The number of nitrogens with zero attached hydrogens (tertiary/aromatic N) is 3. The molecule has 10 heteroatoms. The highest BCUT2D eigenvalue weighted by atomic mass is 35.5. The monoisotopic (exact) mass is 476 g/mol. The molecule has 0 aliphatic rings. The lowest BCUT2D eigenvalue weighted by atomic mass is 10.2. The molecular formula is C22H25ClN4O4S. The molecule has 0 aliphatic heterocycles. The van der Waals surface area contributed by atoms with Gasteiger partial charge in [-0.15, -0.1) is 10.2 Å². The number of aromatic nitrogens is 3. The number of thioether (sulfide) groups is 1. The number of hydrogen-bond acceptors (Lipinski definition) is 7. The molecule has 2 aromatic carbocycles. The molecule has 3 rings (SSSR count). The molecule has 1 amide bonds. The van der Waals surface area contributed by atoms with Gasteiger partial charge < -0.3 is 24.1 Å². The second kappa shape index (κ2) is 10.6. The zero-order chi connectivity index (χ0) is 23.3. The number of carbonyl (C=O) groups excluding carboxylic acids is 1. The number of hydrogen-bond donors (Lipinski definition) is 1. The van der Waals surface area contributed by atoms with E-state index in [1.807, 2.05) is 37.6 Å². The summed E-state index contributed by atoms with van der Waals surface area (Å²) in [6.07, 6.45) is -0.336. The van der Waals surface area contributed by atoms with Crippen LogP contribution in [0.4, 0.5) is 5.69 Å². The summed E-state index contributed by atoms with van der Waals surface area (Å²) in [5.41, 5.74) is 1.47. The zero-order valence-electron chi connectivity index (χ0n) is 18.5. The molecule has 1 heterocycles. The molecule has 8 nitrogen and oxygen atoms in total. The standard InChI is InChI=1S/C22H25ClN4O4S/c1-13-10-15(23)6-8-18(13)31-14(2)21-25-26-22(27(21)3)32-12-20(28)24-17-11-16(29-4)7-9-19(17)30-5/h6-11,14H,12H2,1-5H3,(H,24,28). The van der Waals surface area contributed by atoms with Gasteiger partial charge in [-0.2, -0.15) is 0 Å². The second-order valence-corrected chi connectivity index (χ2v) is 8.35. The van der Waals surface area contributed by atoms with Crippen LogP contribution in [0.2, 0.25) is 5.02 Å². The number of rotatable bonds is 9. The Balaban J connectivity index is 1.63. The molecule has 0 radical (unpaired) electrons. The third-order valence-corrected chi connectivity index (χ3v) is 5.94. The fourth-order valence-electron chi connectivity index (χ4n) is 3.02. The first-order valence-corrected chi connectivity index (χ1v) is 11.2. The smallest absolute Gasteiger partial charge is 0.234 e. The summed E-state index contributed by atoms with van der Waals surface area (Å²) in [5, 5.41) is 12.6. The average Bonchev–Trinajstić information content (AvgIpc) is 3.14. The van der Waals surface area contributed by atoms with Crippen molar-refractivity contribution < 1.29 is 19.0 Å². The van der Waals surface area contributed by atoms with Crippen LogP contribution in [0, 0.1) is 6.92 Å². The number of halogens is 1. The molecule has 1 aromatic heterocycles. The van der Waals surface area contributed by atoms with Gasteiger partial charge in [0.05, 0.1) is 25.7 Å². The number of benzene rings is 2. The van der Waals surface area contributed by atoms with Gasteiger partial charge >= 0.3 is 0 Å². The molecule has 0 saturated heterocycles. The molecule has 0 spiro atoms. The minimum Gasteiger partial charge on any atom is -0.497 e. The highest BCUT2D eigenvalue weighted by molar-refractivity contribution is 7.99. The number of carbonyl (C=O) groups is 1. The maximum absolute atomic E-state index is 12.5. The molecule has 0 saturated carbocycles. The van der Waals surface area contributed by atoms with Crippen LogP contribution in [0.15, 0.2) is 41.6 Å². The number of anilines is 1. The van der Waals surface area contributed by atoms with Gasteiger partial charge in [-0.25, -0.2) is 0 Å². The summed E-state index contributed by atoms with van der Waals surface area (Å²) >= 11 is 7.29. The van der Waals surface area contributed by atoms with E-state index in [1.54, 1.807) is 38.5 Å². The predicted molar refractivity (Wildman–Crippen MR) is 125 cm³/mol. The van der Waals surface area contributed by atoms with Crippen LogP contribution in [-0.2, 0) is 11.8 Å². The fraction of sp³-hybridized carbons (Fsp3) is 0.318. The molecule has 0 bridgehead atoms. The highest BCUT2D eigenvalue weighted by Gasteiger charge is 2.19. The van der Waals surface area contributed by atoms with E-state index >= 15 is 0 Å². The van der Waals surface area contributed by atoms with Crippen molar-refractivity contribution in [2.75, 3.05) is 25.3 Å². The van der Waals surface area contributed by atoms with E-state index in [4.69, 9.17) is 25.8 Å². The minimum atomic E-state index is -0.336. The number of nitrogens with one attached hydrogen (secondary N) is 1. The lowest BCUT2D eigenvalue weighted by Crippen LogP contribution is -2.15. The van der Waals surface area contributed by atoms with Gasteiger partial charge in [-0.3, -0.25) is 4.79 Å². The molecule has 0 fully saturated rings. The number of ether oxygens (including phenoxy) is 3. The van der Waals surface area contributed by atoms with Crippen molar-refractivity contribution in [2.24, 2.45) is 7.05 Å². The van der Waals surface area contributed by atoms with Crippen LogP contribution in [0.3, 0.4) is 0 Å². The lowest BCUT2D eigenvalue weighted by molar-refractivity contribution is -0.113. The van der Waals surface area contributed by atoms with Crippen molar-refractivity contribution in [3.8, 4) is 17.2 Å². The number of amides is 1. The number of methoxy groups -OCH3 is 2. The Morgan fingerprint density at radius 2 is 1.91 bits per heavy atom. The van der Waals surface area contributed by atoms with Crippen LogP contribution in [0.25, 0.3) is 0 Å². The maximum atomic E-state index is 12.5.